The zero-order valence-electron chi connectivity index (χ0n) is 16.3. The van der Waals surface area contributed by atoms with Crippen molar-refractivity contribution in [3.8, 4) is 0 Å². The van der Waals surface area contributed by atoms with E-state index < -0.39 is 15.9 Å². The lowest BCUT2D eigenvalue weighted by Crippen LogP contribution is -2.40. The number of H-pyrrole nitrogens is 1. The quantitative estimate of drug-likeness (QED) is 0.294. The van der Waals surface area contributed by atoms with E-state index in [0.29, 0.717) is 35.3 Å². The number of morpholine rings is 1. The number of ether oxygens (including phenoxy) is 1. The third-order valence-electron chi connectivity index (χ3n) is 4.70. The molecule has 12 heteroatoms. The second kappa shape index (κ2) is 8.49. The SMILES string of the molecule is COOSc1nc(C=C2C(=O)Nc3cccc(S(=O)(=O)N4CCOCC4)c32)[nH]c1C. The molecule has 160 valence electrons. The Kier molecular flexibility index (Phi) is 5.95. The first kappa shape index (κ1) is 21.0. The van der Waals surface area contributed by atoms with Crippen molar-refractivity contribution in [1.82, 2.24) is 14.3 Å². The minimum absolute atomic E-state index is 0.0760. The number of fused-ring (bicyclic) bond motifs is 1. The smallest absolute Gasteiger partial charge is 0.256 e. The van der Waals surface area contributed by atoms with Crippen molar-refractivity contribution in [3.63, 3.8) is 0 Å². The molecule has 0 bridgehead atoms. The lowest BCUT2D eigenvalue weighted by molar-refractivity contribution is -0.160. The molecule has 3 heterocycles. The number of nitrogens with one attached hydrogen (secondary N) is 2. The maximum Gasteiger partial charge on any atom is 0.256 e. The zero-order chi connectivity index (χ0) is 21.3. The first-order valence-electron chi connectivity index (χ1n) is 9.10. The van der Waals surface area contributed by atoms with Crippen LogP contribution in [-0.4, -0.2) is 62.0 Å². The highest BCUT2D eigenvalue weighted by Crippen LogP contribution is 2.39. The second-order valence-corrected chi connectivity index (χ2v) is 9.17. The van der Waals surface area contributed by atoms with Crippen molar-refractivity contribution in [2.75, 3.05) is 38.7 Å². The molecule has 4 rings (SSSR count). The molecule has 1 saturated heterocycles. The molecule has 30 heavy (non-hydrogen) atoms. The number of carbonyl (C=O) groups excluding carboxylic acids is 1. The summed E-state index contributed by atoms with van der Waals surface area (Å²) in [6, 6.07) is 4.80. The molecule has 0 atom stereocenters. The Hall–Kier alpha value is -2.22. The highest BCUT2D eigenvalue weighted by molar-refractivity contribution is 7.94. The van der Waals surface area contributed by atoms with E-state index in [4.69, 9.17) is 9.07 Å². The molecule has 1 amide bonds. The first-order chi connectivity index (χ1) is 14.4. The van der Waals surface area contributed by atoms with Gasteiger partial charge in [-0.3, -0.25) is 4.79 Å². The zero-order valence-corrected chi connectivity index (χ0v) is 17.9. The van der Waals surface area contributed by atoms with Gasteiger partial charge in [0.1, 0.15) is 10.9 Å². The highest BCUT2D eigenvalue weighted by atomic mass is 32.2. The van der Waals surface area contributed by atoms with Crippen molar-refractivity contribution in [1.29, 1.82) is 0 Å². The molecule has 0 saturated carbocycles. The maximum absolute atomic E-state index is 13.3. The van der Waals surface area contributed by atoms with Gasteiger partial charge in [0.2, 0.25) is 10.0 Å². The monoisotopic (exact) mass is 452 g/mol. The lowest BCUT2D eigenvalue weighted by atomic mass is 10.1. The van der Waals surface area contributed by atoms with E-state index in [-0.39, 0.29) is 23.6 Å². The van der Waals surface area contributed by atoms with Gasteiger partial charge in [-0.2, -0.15) is 8.64 Å². The van der Waals surface area contributed by atoms with Gasteiger partial charge in [-0.05, 0) is 25.1 Å². The Balaban J connectivity index is 1.76. The number of aromatic nitrogens is 2. The molecule has 0 unspecified atom stereocenters. The van der Waals surface area contributed by atoms with Crippen molar-refractivity contribution in [2.45, 2.75) is 16.8 Å². The molecule has 1 aromatic carbocycles. The van der Waals surface area contributed by atoms with Gasteiger partial charge >= 0.3 is 0 Å². The van der Waals surface area contributed by atoms with Crippen LogP contribution in [0, 0.1) is 6.92 Å². The van der Waals surface area contributed by atoms with Crippen LogP contribution in [-0.2, 0) is 28.8 Å². The number of nitrogens with zero attached hydrogens (tertiary/aromatic N) is 2. The molecular formula is C18H20N4O6S2. The fourth-order valence-corrected chi connectivity index (χ4v) is 5.39. The summed E-state index contributed by atoms with van der Waals surface area (Å²) in [5.74, 6) is -0.00250. The van der Waals surface area contributed by atoms with Crippen LogP contribution in [0.2, 0.25) is 0 Å². The molecule has 0 radical (unpaired) electrons. The Morgan fingerprint density at radius 2 is 2.07 bits per heavy atom. The number of imidazole rings is 1. The number of hydrogen-bond donors (Lipinski definition) is 2. The highest BCUT2D eigenvalue weighted by Gasteiger charge is 2.35. The van der Waals surface area contributed by atoms with Gasteiger partial charge in [-0.1, -0.05) is 6.07 Å². The Bertz CT molecular complexity index is 1110. The average molecular weight is 453 g/mol. The number of aromatic amines is 1. The normalized spacial score (nSPS) is 18.6. The van der Waals surface area contributed by atoms with Gasteiger partial charge in [0.15, 0.2) is 0 Å². The number of amides is 1. The van der Waals surface area contributed by atoms with Crippen LogP contribution in [0.4, 0.5) is 5.69 Å². The van der Waals surface area contributed by atoms with Gasteiger partial charge in [0, 0.05) is 24.3 Å². The third kappa shape index (κ3) is 3.89. The lowest BCUT2D eigenvalue weighted by Gasteiger charge is -2.26. The minimum atomic E-state index is -3.80. The van der Waals surface area contributed by atoms with Crippen molar-refractivity contribution in [3.05, 3.63) is 35.3 Å². The predicted molar refractivity (Wildman–Crippen MR) is 110 cm³/mol. The summed E-state index contributed by atoms with van der Waals surface area (Å²) >= 11 is 0.930. The number of sulfonamides is 1. The number of rotatable bonds is 6. The van der Waals surface area contributed by atoms with Crippen molar-refractivity contribution < 1.29 is 27.2 Å². The summed E-state index contributed by atoms with van der Waals surface area (Å²) in [7, 11) is -2.42. The van der Waals surface area contributed by atoms with Crippen LogP contribution in [0.3, 0.4) is 0 Å². The second-order valence-electron chi connectivity index (χ2n) is 6.58. The fourth-order valence-electron chi connectivity index (χ4n) is 3.31. The van der Waals surface area contributed by atoms with Gasteiger partial charge in [0.25, 0.3) is 5.91 Å². The van der Waals surface area contributed by atoms with Crippen LogP contribution in [0.5, 0.6) is 0 Å². The summed E-state index contributed by atoms with van der Waals surface area (Å²) in [6.07, 6.45) is 1.53. The molecule has 10 nitrogen and oxygen atoms in total. The van der Waals surface area contributed by atoms with Crippen LogP contribution in [0.15, 0.2) is 28.1 Å². The number of carbonyl (C=O) groups is 1. The van der Waals surface area contributed by atoms with Gasteiger partial charge < -0.3 is 15.0 Å². The van der Waals surface area contributed by atoms with Crippen LogP contribution >= 0.6 is 12.0 Å². The summed E-state index contributed by atoms with van der Waals surface area (Å²) < 4.78 is 38.0. The standard InChI is InChI=1S/C18H20N4O6S2/c1-11-18(29-28-26-2)21-15(19-11)10-12-16-13(20-17(12)23)4-3-5-14(16)30(24,25)22-6-8-27-9-7-22/h3-5,10H,6-9H2,1-2H3,(H,19,21)(H,20,23). The summed E-state index contributed by atoms with van der Waals surface area (Å²) in [6.45, 7) is 3.01. The van der Waals surface area contributed by atoms with Crippen molar-refractivity contribution >= 4 is 45.3 Å². The summed E-state index contributed by atoms with van der Waals surface area (Å²) in [5, 5.41) is 3.27. The van der Waals surface area contributed by atoms with E-state index in [0.717, 1.165) is 17.7 Å². The molecule has 2 N–H and O–H groups in total. The van der Waals surface area contributed by atoms with E-state index >= 15 is 0 Å². The topological polar surface area (TPSA) is 123 Å². The van der Waals surface area contributed by atoms with Gasteiger partial charge in [-0.25, -0.2) is 18.3 Å². The predicted octanol–water partition coefficient (Wildman–Crippen LogP) is 1.82. The van der Waals surface area contributed by atoms with Crippen LogP contribution in [0.25, 0.3) is 11.6 Å². The molecule has 2 aromatic rings. The third-order valence-corrected chi connectivity index (χ3v) is 7.40. The Morgan fingerprint density at radius 3 is 2.80 bits per heavy atom. The summed E-state index contributed by atoms with van der Waals surface area (Å²) in [5.41, 5.74) is 1.72. The average Bonchev–Trinajstić information content (AvgIpc) is 3.25. The number of benzene rings is 1. The van der Waals surface area contributed by atoms with Crippen LogP contribution in [0.1, 0.15) is 17.1 Å². The maximum atomic E-state index is 13.3. The number of anilines is 1. The van der Waals surface area contributed by atoms with Gasteiger partial charge in [0.05, 0.1) is 48.5 Å². The Labute approximate surface area is 177 Å². The van der Waals surface area contributed by atoms with E-state index in [2.05, 4.69) is 20.2 Å². The molecule has 0 aliphatic carbocycles. The summed E-state index contributed by atoms with van der Waals surface area (Å²) in [4.78, 5) is 24.7. The van der Waals surface area contributed by atoms with E-state index in [1.165, 1.54) is 23.6 Å². The largest absolute Gasteiger partial charge is 0.379 e. The van der Waals surface area contributed by atoms with E-state index in [9.17, 15) is 13.2 Å². The van der Waals surface area contributed by atoms with Crippen molar-refractivity contribution in [2.24, 2.45) is 0 Å². The first-order valence-corrected chi connectivity index (χ1v) is 11.3. The van der Waals surface area contributed by atoms with Crippen LogP contribution < -0.4 is 5.32 Å². The Morgan fingerprint density at radius 1 is 1.30 bits per heavy atom. The molecule has 2 aliphatic heterocycles. The molecular weight excluding hydrogens is 432 g/mol. The van der Waals surface area contributed by atoms with E-state index in [1.807, 2.05) is 0 Å². The minimum Gasteiger partial charge on any atom is -0.379 e. The number of aryl methyl sites for hydroxylation is 1. The molecule has 0 spiro atoms. The fraction of sp³-hybridized carbons (Fsp3) is 0.333. The van der Waals surface area contributed by atoms with Gasteiger partial charge in [-0.15, -0.1) is 0 Å². The molecule has 1 aromatic heterocycles. The molecule has 1 fully saturated rings. The molecule has 2 aliphatic rings. The number of hydrogen-bond acceptors (Lipinski definition) is 8. The van der Waals surface area contributed by atoms with E-state index in [1.54, 1.807) is 19.1 Å².